The lowest BCUT2D eigenvalue weighted by molar-refractivity contribution is -0.274. The van der Waals surface area contributed by atoms with Gasteiger partial charge in [0.2, 0.25) is 5.91 Å². The van der Waals surface area contributed by atoms with Crippen molar-refractivity contribution >= 4 is 29.2 Å². The third kappa shape index (κ3) is 6.47. The summed E-state index contributed by atoms with van der Waals surface area (Å²) in [6.45, 7) is 5.01. The first kappa shape index (κ1) is 22.1. The Morgan fingerprint density at radius 2 is 1.96 bits per heavy atom. The lowest BCUT2D eigenvalue weighted by Crippen LogP contribution is -2.48. The molecule has 156 valence electrons. The number of hydrogen-bond donors (Lipinski definition) is 2. The maximum Gasteiger partial charge on any atom is 0.573 e. The smallest absolute Gasteiger partial charge is 0.404 e. The Kier molecular flexibility index (Phi) is 7.40. The number of rotatable bonds is 5. The summed E-state index contributed by atoms with van der Waals surface area (Å²) in [6.07, 6.45) is -2.79. The number of nitrogens with one attached hydrogen (secondary N) is 2. The lowest BCUT2D eigenvalue weighted by atomic mass is 10.0. The van der Waals surface area contributed by atoms with E-state index in [4.69, 9.17) is 11.6 Å². The number of alkyl halides is 3. The first-order valence-electron chi connectivity index (χ1n) is 9.00. The van der Waals surface area contributed by atoms with Crippen LogP contribution in [0.5, 0.6) is 5.75 Å². The van der Waals surface area contributed by atoms with Crippen LogP contribution in [0.15, 0.2) is 18.2 Å². The van der Waals surface area contributed by atoms with Crippen molar-refractivity contribution in [2.24, 2.45) is 5.92 Å². The molecule has 0 spiro atoms. The van der Waals surface area contributed by atoms with Gasteiger partial charge in [-0.15, -0.1) is 13.2 Å². The van der Waals surface area contributed by atoms with Crippen molar-refractivity contribution in [2.45, 2.75) is 45.5 Å². The summed E-state index contributed by atoms with van der Waals surface area (Å²) in [4.78, 5) is 26.1. The van der Waals surface area contributed by atoms with Crippen LogP contribution >= 0.6 is 11.6 Å². The number of piperidine rings is 1. The molecule has 1 aromatic carbocycles. The van der Waals surface area contributed by atoms with Crippen LogP contribution in [0, 0.1) is 5.92 Å². The molecule has 1 atom stereocenters. The highest BCUT2D eigenvalue weighted by molar-refractivity contribution is 6.32. The van der Waals surface area contributed by atoms with Crippen molar-refractivity contribution in [3.63, 3.8) is 0 Å². The number of ether oxygens (including phenoxy) is 1. The largest absolute Gasteiger partial charge is 0.573 e. The van der Waals surface area contributed by atoms with Gasteiger partial charge in [0.05, 0.1) is 5.02 Å². The van der Waals surface area contributed by atoms with Gasteiger partial charge in [-0.25, -0.2) is 4.79 Å². The number of amides is 3. The van der Waals surface area contributed by atoms with Gasteiger partial charge in [-0.3, -0.25) is 4.79 Å². The summed E-state index contributed by atoms with van der Waals surface area (Å²) in [5, 5.41) is 5.06. The Labute approximate surface area is 166 Å². The first-order valence-corrected chi connectivity index (χ1v) is 9.38. The molecular weight excluding hydrogens is 399 g/mol. The maximum absolute atomic E-state index is 12.2. The second kappa shape index (κ2) is 9.36. The Bertz CT molecular complexity index is 707. The summed E-state index contributed by atoms with van der Waals surface area (Å²) >= 11 is 5.76. The van der Waals surface area contributed by atoms with Crippen molar-refractivity contribution < 1.29 is 27.5 Å². The fourth-order valence-electron chi connectivity index (χ4n) is 2.87. The fourth-order valence-corrected chi connectivity index (χ4v) is 3.09. The van der Waals surface area contributed by atoms with Gasteiger partial charge in [0, 0.05) is 30.7 Å². The number of hydrogen-bond acceptors (Lipinski definition) is 3. The van der Waals surface area contributed by atoms with Crippen LogP contribution in [0.25, 0.3) is 0 Å². The maximum atomic E-state index is 12.2. The molecule has 0 radical (unpaired) electrons. The number of anilines is 1. The van der Waals surface area contributed by atoms with E-state index in [9.17, 15) is 22.8 Å². The molecule has 0 aliphatic carbocycles. The van der Waals surface area contributed by atoms with Crippen LogP contribution in [0.2, 0.25) is 5.02 Å². The number of nitrogens with zero attached hydrogens (tertiary/aromatic N) is 1. The van der Waals surface area contributed by atoms with Gasteiger partial charge in [0.25, 0.3) is 0 Å². The number of likely N-dealkylation sites (tertiary alicyclic amines) is 1. The van der Waals surface area contributed by atoms with E-state index in [1.54, 1.807) is 0 Å². The second-order valence-electron chi connectivity index (χ2n) is 6.70. The van der Waals surface area contributed by atoms with E-state index in [-0.39, 0.29) is 28.6 Å². The van der Waals surface area contributed by atoms with Crippen molar-refractivity contribution in [2.75, 3.05) is 18.4 Å². The molecule has 1 saturated heterocycles. The SMILES string of the molecule is CCC(C)C(=O)N1CCC(NC(=O)Nc2ccc(OC(F)(F)F)c(Cl)c2)CC1. The molecule has 1 unspecified atom stereocenters. The number of carbonyl (C=O) groups excluding carboxylic acids is 2. The van der Waals surface area contributed by atoms with E-state index >= 15 is 0 Å². The zero-order chi connectivity index (χ0) is 20.9. The van der Waals surface area contributed by atoms with Crippen molar-refractivity contribution in [1.29, 1.82) is 0 Å². The molecule has 0 aromatic heterocycles. The van der Waals surface area contributed by atoms with Gasteiger partial charge in [-0.1, -0.05) is 25.4 Å². The lowest BCUT2D eigenvalue weighted by Gasteiger charge is -2.33. The van der Waals surface area contributed by atoms with Crippen molar-refractivity contribution in [3.8, 4) is 5.75 Å². The van der Waals surface area contributed by atoms with Gasteiger partial charge in [0.15, 0.2) is 0 Å². The fraction of sp³-hybridized carbons (Fsp3) is 0.556. The van der Waals surface area contributed by atoms with Gasteiger partial charge in [0.1, 0.15) is 5.75 Å². The highest BCUT2D eigenvalue weighted by Gasteiger charge is 2.32. The summed E-state index contributed by atoms with van der Waals surface area (Å²) in [6, 6.07) is 2.89. The molecule has 10 heteroatoms. The molecule has 6 nitrogen and oxygen atoms in total. The van der Waals surface area contributed by atoms with E-state index in [0.29, 0.717) is 25.9 Å². The summed E-state index contributed by atoms with van der Waals surface area (Å²) in [5.74, 6) is -0.429. The number of urea groups is 1. The van der Waals surface area contributed by atoms with E-state index in [1.807, 2.05) is 18.7 Å². The minimum absolute atomic E-state index is 0.0122. The third-order valence-electron chi connectivity index (χ3n) is 4.59. The summed E-state index contributed by atoms with van der Waals surface area (Å²) in [5.41, 5.74) is 0.237. The molecule has 2 N–H and O–H groups in total. The van der Waals surface area contributed by atoms with Gasteiger partial charge >= 0.3 is 12.4 Å². The standard InChI is InChI=1S/C18H23ClF3N3O3/c1-3-11(2)16(26)25-8-6-12(7-9-25)23-17(27)24-13-4-5-15(14(19)10-13)28-18(20,21)22/h4-5,10-12H,3,6-9H2,1-2H3,(H2,23,24,27). The molecule has 28 heavy (non-hydrogen) atoms. The van der Waals surface area contributed by atoms with E-state index < -0.39 is 18.1 Å². The predicted molar refractivity (Wildman–Crippen MR) is 99.3 cm³/mol. The minimum Gasteiger partial charge on any atom is -0.404 e. The Balaban J connectivity index is 1.83. The van der Waals surface area contributed by atoms with Crippen LogP contribution in [0.4, 0.5) is 23.7 Å². The topological polar surface area (TPSA) is 70.7 Å². The average molecular weight is 422 g/mol. The normalized spacial score (nSPS) is 16.4. The molecule has 0 bridgehead atoms. The molecule has 0 saturated carbocycles. The first-order chi connectivity index (χ1) is 13.1. The predicted octanol–water partition coefficient (Wildman–Crippen LogP) is 4.40. The van der Waals surface area contributed by atoms with Crippen molar-refractivity contribution in [3.05, 3.63) is 23.2 Å². The van der Waals surface area contributed by atoms with Crippen LogP contribution in [0.3, 0.4) is 0 Å². The van der Waals surface area contributed by atoms with Crippen molar-refractivity contribution in [1.82, 2.24) is 10.2 Å². The summed E-state index contributed by atoms with van der Waals surface area (Å²) in [7, 11) is 0. The zero-order valence-corrected chi connectivity index (χ0v) is 16.4. The third-order valence-corrected chi connectivity index (χ3v) is 4.89. The Morgan fingerprint density at radius 3 is 2.50 bits per heavy atom. The van der Waals surface area contributed by atoms with E-state index in [0.717, 1.165) is 12.5 Å². The molecule has 1 fully saturated rings. The average Bonchev–Trinajstić information content (AvgIpc) is 2.62. The molecule has 1 aliphatic rings. The van der Waals surface area contributed by atoms with E-state index in [1.165, 1.54) is 12.1 Å². The van der Waals surface area contributed by atoms with Crippen LogP contribution in [0.1, 0.15) is 33.1 Å². The zero-order valence-electron chi connectivity index (χ0n) is 15.6. The van der Waals surface area contributed by atoms with E-state index in [2.05, 4.69) is 15.4 Å². The highest BCUT2D eigenvalue weighted by atomic mass is 35.5. The Hall–Kier alpha value is -2.16. The quantitative estimate of drug-likeness (QED) is 0.740. The molecule has 1 aliphatic heterocycles. The van der Waals surface area contributed by atoms with Crippen LogP contribution in [-0.2, 0) is 4.79 Å². The highest BCUT2D eigenvalue weighted by Crippen LogP contribution is 2.32. The number of benzene rings is 1. The van der Waals surface area contributed by atoms with Crippen LogP contribution in [-0.4, -0.2) is 42.3 Å². The Morgan fingerprint density at radius 1 is 1.32 bits per heavy atom. The second-order valence-corrected chi connectivity index (χ2v) is 7.11. The van der Waals surface area contributed by atoms with Gasteiger partial charge in [-0.05, 0) is 37.5 Å². The summed E-state index contributed by atoms with van der Waals surface area (Å²) < 4.78 is 40.5. The molecular formula is C18H23ClF3N3O3. The van der Waals surface area contributed by atoms with Gasteiger partial charge in [-0.2, -0.15) is 0 Å². The van der Waals surface area contributed by atoms with Crippen LogP contribution < -0.4 is 15.4 Å². The molecule has 1 aromatic rings. The monoisotopic (exact) mass is 421 g/mol. The molecule has 3 amide bonds. The number of carbonyl (C=O) groups is 2. The van der Waals surface area contributed by atoms with Gasteiger partial charge < -0.3 is 20.3 Å². The molecule has 2 rings (SSSR count). The molecule has 1 heterocycles. The number of halogens is 4. The minimum atomic E-state index is -4.85.